The molecule has 202 valence electrons. The van der Waals surface area contributed by atoms with Crippen molar-refractivity contribution in [3.63, 3.8) is 0 Å². The van der Waals surface area contributed by atoms with Crippen LogP contribution in [0.25, 0.3) is 11.1 Å². The minimum absolute atomic E-state index is 0.0578. The molecule has 2 amide bonds. The zero-order valence-corrected chi connectivity index (χ0v) is 22.1. The second-order valence-electron chi connectivity index (χ2n) is 8.96. The van der Waals surface area contributed by atoms with Gasteiger partial charge in [0.2, 0.25) is 0 Å². The molecule has 5 rings (SSSR count). The maximum Gasteiger partial charge on any atom is 0.307 e. The van der Waals surface area contributed by atoms with Crippen molar-refractivity contribution < 1.29 is 34.6 Å². The van der Waals surface area contributed by atoms with Crippen molar-refractivity contribution in [3.8, 4) is 11.1 Å². The molecule has 9 nitrogen and oxygen atoms in total. The quantitative estimate of drug-likeness (QED) is 0.324. The normalized spacial score (nSPS) is 17.4. The molecule has 3 aromatic rings. The van der Waals surface area contributed by atoms with Crippen molar-refractivity contribution in [2.24, 2.45) is 11.8 Å². The number of halogens is 1. The first-order chi connectivity index (χ1) is 18.7. The van der Waals surface area contributed by atoms with Crippen LogP contribution >= 0.6 is 11.6 Å². The summed E-state index contributed by atoms with van der Waals surface area (Å²) in [7, 11) is 2.41. The number of nitrogens with one attached hydrogen (secondary N) is 1. The number of benzene rings is 3. The van der Waals surface area contributed by atoms with Gasteiger partial charge in [0.1, 0.15) is 0 Å². The molecular formula is C29H28ClN2O7+. The van der Waals surface area contributed by atoms with Gasteiger partial charge in [-0.25, -0.2) is 0 Å². The molecule has 0 bridgehead atoms. The fourth-order valence-electron chi connectivity index (χ4n) is 4.68. The first kappa shape index (κ1) is 29.3. The standard InChI is InChI=1S/C19H17ClO3.C9H6N2O3.CH4O/c20-15-10-8-13(9-11-15)12-4-6-14(7-5-12)18(21)16-2-1-3-17(16)19(22)23;1-11-8(12)6-3-2-5(10-14)4-7(6)9(11)13;1-2/h4-11,16-17H,1-3H2,(H,22,23);2-4H,1H3;2H,1H3/p+1/t16-,17?;;/m0../s1. The number of Topliss-reactive ketones (excluding diaryl/α,β-unsaturated/α-hetero) is 1. The molecule has 1 fully saturated rings. The Morgan fingerprint density at radius 1 is 0.846 bits per heavy atom. The van der Waals surface area contributed by atoms with Crippen LogP contribution in [0.3, 0.4) is 0 Å². The molecule has 0 aromatic heterocycles. The summed E-state index contributed by atoms with van der Waals surface area (Å²) >= 11 is 5.89. The molecule has 0 radical (unpaired) electrons. The molecule has 1 aliphatic carbocycles. The van der Waals surface area contributed by atoms with Gasteiger partial charge in [0, 0.05) is 52.9 Å². The van der Waals surface area contributed by atoms with Crippen LogP contribution in [0.5, 0.6) is 0 Å². The van der Waals surface area contributed by atoms with E-state index in [2.05, 4.69) is 0 Å². The predicted octanol–water partition coefficient (Wildman–Crippen LogP) is 3.69. The van der Waals surface area contributed by atoms with Crippen molar-refractivity contribution in [2.75, 3.05) is 14.2 Å². The number of nitrogens with zero attached hydrogens (tertiary/aromatic N) is 1. The Hall–Kier alpha value is -4.21. The van der Waals surface area contributed by atoms with E-state index in [1.807, 2.05) is 36.4 Å². The minimum atomic E-state index is -0.862. The van der Waals surface area contributed by atoms with Crippen molar-refractivity contribution >= 4 is 40.9 Å². The second-order valence-corrected chi connectivity index (χ2v) is 9.40. The lowest BCUT2D eigenvalue weighted by Gasteiger charge is -2.14. The molecule has 39 heavy (non-hydrogen) atoms. The SMILES string of the molecule is CN1C(=O)c2ccc([NH+]=O)cc2C1=O.CO.O=C(O)C1CCC[C@@H]1C(=O)c1ccc(-c2ccc(Cl)cc2)cc1. The summed E-state index contributed by atoms with van der Waals surface area (Å²) in [6.45, 7) is 0. The van der Waals surface area contributed by atoms with E-state index < -0.39 is 17.8 Å². The van der Waals surface area contributed by atoms with Gasteiger partial charge in [-0.05, 0) is 42.2 Å². The van der Waals surface area contributed by atoms with Crippen molar-refractivity contribution in [1.29, 1.82) is 0 Å². The van der Waals surface area contributed by atoms with E-state index in [0.29, 0.717) is 29.0 Å². The Kier molecular flexibility index (Phi) is 9.81. The number of aliphatic carboxylic acids is 1. The number of carbonyl (C=O) groups is 4. The summed E-state index contributed by atoms with van der Waals surface area (Å²) in [4.78, 5) is 58.1. The molecule has 10 heteroatoms. The molecule has 1 aliphatic heterocycles. The van der Waals surface area contributed by atoms with Crippen LogP contribution in [0.4, 0.5) is 5.69 Å². The number of amides is 2. The van der Waals surface area contributed by atoms with Gasteiger partial charge in [-0.15, -0.1) is 0 Å². The Balaban J connectivity index is 0.000000224. The number of fused-ring (bicyclic) bond motifs is 1. The average molecular weight is 552 g/mol. The highest BCUT2D eigenvalue weighted by atomic mass is 35.5. The third-order valence-corrected chi connectivity index (χ3v) is 6.98. The van der Waals surface area contributed by atoms with Crippen molar-refractivity contribution in [3.05, 3.63) is 93.4 Å². The highest BCUT2D eigenvalue weighted by molar-refractivity contribution is 6.30. The molecule has 3 aromatic carbocycles. The average Bonchev–Trinajstić information content (AvgIpc) is 3.55. The van der Waals surface area contributed by atoms with Gasteiger partial charge in [0.05, 0.1) is 17.0 Å². The Morgan fingerprint density at radius 3 is 1.95 bits per heavy atom. The Bertz CT molecular complexity index is 1390. The molecule has 0 saturated heterocycles. The molecule has 2 aliphatic rings. The van der Waals surface area contributed by atoms with Crippen LogP contribution in [0.15, 0.2) is 66.7 Å². The number of hydrogen-bond acceptors (Lipinski definition) is 6. The van der Waals surface area contributed by atoms with Crippen LogP contribution < -0.4 is 5.18 Å². The monoisotopic (exact) mass is 551 g/mol. The fraction of sp³-hybridized carbons (Fsp3) is 0.241. The highest BCUT2D eigenvalue weighted by Crippen LogP contribution is 2.35. The van der Waals surface area contributed by atoms with Crippen LogP contribution in [0.2, 0.25) is 5.02 Å². The number of rotatable bonds is 5. The van der Waals surface area contributed by atoms with Gasteiger partial charge < -0.3 is 10.2 Å². The lowest BCUT2D eigenvalue weighted by Crippen LogP contribution is -2.55. The Morgan fingerprint density at radius 2 is 1.38 bits per heavy atom. The van der Waals surface area contributed by atoms with Gasteiger partial charge in [-0.1, -0.05) is 54.4 Å². The van der Waals surface area contributed by atoms with E-state index in [1.54, 1.807) is 17.3 Å². The summed E-state index contributed by atoms with van der Waals surface area (Å²) < 4.78 is 0. The molecular weight excluding hydrogens is 524 g/mol. The van der Waals surface area contributed by atoms with E-state index in [0.717, 1.165) is 29.6 Å². The Labute approximate surface area is 230 Å². The van der Waals surface area contributed by atoms with E-state index in [9.17, 15) is 29.2 Å². The third-order valence-electron chi connectivity index (χ3n) is 6.72. The predicted molar refractivity (Wildman–Crippen MR) is 145 cm³/mol. The highest BCUT2D eigenvalue weighted by Gasteiger charge is 2.38. The molecule has 2 atom stereocenters. The van der Waals surface area contributed by atoms with E-state index >= 15 is 0 Å². The second kappa shape index (κ2) is 13.0. The number of imide groups is 1. The molecule has 0 spiro atoms. The summed E-state index contributed by atoms with van der Waals surface area (Å²) in [6.07, 6.45) is 2.06. The topological polar surface area (TPSA) is 143 Å². The first-order valence-electron chi connectivity index (χ1n) is 12.1. The lowest BCUT2D eigenvalue weighted by molar-refractivity contribution is -0.379. The zero-order valence-electron chi connectivity index (χ0n) is 21.4. The fourth-order valence-corrected chi connectivity index (χ4v) is 4.80. The van der Waals surface area contributed by atoms with Crippen molar-refractivity contribution in [2.45, 2.75) is 19.3 Å². The summed E-state index contributed by atoms with van der Waals surface area (Å²) in [5, 5.41) is 18.6. The lowest BCUT2D eigenvalue weighted by atomic mass is 9.88. The van der Waals surface area contributed by atoms with Crippen molar-refractivity contribution in [1.82, 2.24) is 4.90 Å². The summed E-state index contributed by atoms with van der Waals surface area (Å²) in [5.41, 5.74) is 3.51. The van der Waals surface area contributed by atoms with Gasteiger partial charge in [0.15, 0.2) is 5.78 Å². The van der Waals surface area contributed by atoms with E-state index in [4.69, 9.17) is 16.7 Å². The number of aliphatic hydroxyl groups excluding tert-OH is 1. The summed E-state index contributed by atoms with van der Waals surface area (Å²) in [5.74, 6) is -2.56. The smallest absolute Gasteiger partial charge is 0.307 e. The van der Waals surface area contributed by atoms with Gasteiger partial charge in [-0.2, -0.15) is 0 Å². The van der Waals surface area contributed by atoms with Gasteiger partial charge in [-0.3, -0.25) is 24.1 Å². The van der Waals surface area contributed by atoms with Gasteiger partial charge >= 0.3 is 5.97 Å². The number of aliphatic hydroxyl groups is 1. The minimum Gasteiger partial charge on any atom is -0.481 e. The maximum absolute atomic E-state index is 12.6. The summed E-state index contributed by atoms with van der Waals surface area (Å²) in [6, 6.07) is 19.2. The van der Waals surface area contributed by atoms with Gasteiger partial charge in [0.25, 0.3) is 17.5 Å². The van der Waals surface area contributed by atoms with Crippen LogP contribution in [0.1, 0.15) is 50.3 Å². The number of carboxylic acid groups (broad SMARTS) is 1. The first-order valence-corrected chi connectivity index (χ1v) is 12.5. The van der Waals surface area contributed by atoms with Crippen LogP contribution in [-0.4, -0.2) is 52.8 Å². The zero-order chi connectivity index (χ0) is 28.7. The molecule has 1 saturated carbocycles. The molecule has 3 N–H and O–H groups in total. The van der Waals surface area contributed by atoms with Crippen LogP contribution in [0, 0.1) is 16.7 Å². The number of hydrogen-bond donors (Lipinski definition) is 3. The van der Waals surface area contributed by atoms with E-state index in [-0.39, 0.29) is 28.8 Å². The van der Waals surface area contributed by atoms with Crippen LogP contribution in [-0.2, 0) is 4.79 Å². The number of ketones is 1. The molecule has 1 heterocycles. The largest absolute Gasteiger partial charge is 0.481 e. The third kappa shape index (κ3) is 6.45. The maximum atomic E-state index is 12.6. The molecule has 1 unspecified atom stereocenters. The number of carbonyl (C=O) groups excluding carboxylic acids is 3. The number of carboxylic acids is 1. The van der Waals surface area contributed by atoms with E-state index in [1.165, 1.54) is 25.2 Å². The number of nitroso groups, excluding NO2 is 1.